The number of phenols is 1. The van der Waals surface area contributed by atoms with Crippen LogP contribution in [0.4, 0.5) is 4.79 Å². The van der Waals surface area contributed by atoms with Crippen LogP contribution < -0.4 is 5.43 Å². The van der Waals surface area contributed by atoms with E-state index >= 15 is 0 Å². The molecule has 0 aromatic heterocycles. The van der Waals surface area contributed by atoms with Crippen molar-refractivity contribution in [2.45, 2.75) is 6.61 Å². The van der Waals surface area contributed by atoms with Crippen molar-refractivity contribution in [2.24, 2.45) is 5.10 Å². The highest BCUT2D eigenvalue weighted by Gasteiger charge is 2.00. The fourth-order valence-electron chi connectivity index (χ4n) is 1.51. The monoisotopic (exact) mass is 270 g/mol. The number of para-hydroxylation sites is 1. The molecule has 0 saturated heterocycles. The summed E-state index contributed by atoms with van der Waals surface area (Å²) in [6.07, 6.45) is 0.694. The van der Waals surface area contributed by atoms with Crippen LogP contribution in [0.25, 0.3) is 0 Å². The second kappa shape index (κ2) is 6.94. The zero-order chi connectivity index (χ0) is 14.2. The third-order valence-electron chi connectivity index (χ3n) is 2.51. The highest BCUT2D eigenvalue weighted by molar-refractivity contribution is 5.84. The number of nitrogens with one attached hydrogen (secondary N) is 1. The normalized spacial score (nSPS) is 10.4. The number of nitrogens with zero attached hydrogens (tertiary/aromatic N) is 1. The maximum Gasteiger partial charge on any atom is 0.428 e. The summed E-state index contributed by atoms with van der Waals surface area (Å²) in [4.78, 5) is 11.4. The van der Waals surface area contributed by atoms with E-state index in [-0.39, 0.29) is 12.4 Å². The van der Waals surface area contributed by atoms with Gasteiger partial charge in [-0.05, 0) is 17.7 Å². The summed E-state index contributed by atoms with van der Waals surface area (Å²) in [5.41, 5.74) is 3.63. The van der Waals surface area contributed by atoms with E-state index in [4.69, 9.17) is 4.74 Å². The van der Waals surface area contributed by atoms with Gasteiger partial charge in [-0.3, -0.25) is 0 Å². The first kappa shape index (κ1) is 13.6. The number of carbonyl (C=O) groups is 1. The van der Waals surface area contributed by atoms with Crippen LogP contribution in [0.15, 0.2) is 59.7 Å². The van der Waals surface area contributed by atoms with Crippen LogP contribution in [0.2, 0.25) is 0 Å². The summed E-state index contributed by atoms with van der Waals surface area (Å²) in [6.45, 7) is 0.179. The van der Waals surface area contributed by atoms with Gasteiger partial charge in [-0.1, -0.05) is 42.5 Å². The standard InChI is InChI=1S/C15H14N2O3/c18-14-9-5-4-8-13(14)10-16-17-15(19)20-11-12-6-2-1-3-7-12/h1-10,18H,11H2,(H,17,19)/b16-10+. The van der Waals surface area contributed by atoms with Crippen molar-refractivity contribution < 1.29 is 14.6 Å². The number of phenolic OH excluding ortho intramolecular Hbond substituents is 1. The largest absolute Gasteiger partial charge is 0.507 e. The van der Waals surface area contributed by atoms with E-state index in [1.54, 1.807) is 18.2 Å². The van der Waals surface area contributed by atoms with Gasteiger partial charge in [-0.2, -0.15) is 5.10 Å². The van der Waals surface area contributed by atoms with Crippen molar-refractivity contribution in [3.8, 4) is 5.75 Å². The molecule has 0 radical (unpaired) electrons. The average Bonchev–Trinajstić information content (AvgIpc) is 2.48. The van der Waals surface area contributed by atoms with Crippen LogP contribution in [0.5, 0.6) is 5.75 Å². The molecular formula is C15H14N2O3. The smallest absolute Gasteiger partial charge is 0.428 e. The predicted octanol–water partition coefficient (Wildman–Crippen LogP) is 2.65. The molecule has 0 bridgehead atoms. The fourth-order valence-corrected chi connectivity index (χ4v) is 1.51. The number of carbonyl (C=O) groups excluding carboxylic acids is 1. The summed E-state index contributed by atoms with van der Waals surface area (Å²) in [5.74, 6) is 0.0932. The second-order valence-corrected chi connectivity index (χ2v) is 3.99. The summed E-state index contributed by atoms with van der Waals surface area (Å²) in [6, 6.07) is 16.0. The Hall–Kier alpha value is -2.82. The molecule has 20 heavy (non-hydrogen) atoms. The maximum atomic E-state index is 11.4. The van der Waals surface area contributed by atoms with Gasteiger partial charge < -0.3 is 9.84 Å². The molecule has 0 fully saturated rings. The Balaban J connectivity index is 1.79. The number of ether oxygens (including phenoxy) is 1. The van der Waals surface area contributed by atoms with Crippen LogP contribution in [0.3, 0.4) is 0 Å². The van der Waals surface area contributed by atoms with E-state index in [2.05, 4.69) is 10.5 Å². The Labute approximate surface area is 116 Å². The van der Waals surface area contributed by atoms with Gasteiger partial charge >= 0.3 is 6.09 Å². The molecule has 0 aliphatic rings. The summed E-state index contributed by atoms with van der Waals surface area (Å²) in [5, 5.41) is 13.2. The third-order valence-corrected chi connectivity index (χ3v) is 2.51. The van der Waals surface area contributed by atoms with Crippen LogP contribution in [0, 0.1) is 0 Å². The zero-order valence-electron chi connectivity index (χ0n) is 10.7. The van der Waals surface area contributed by atoms with E-state index in [9.17, 15) is 9.90 Å². The maximum absolute atomic E-state index is 11.4. The quantitative estimate of drug-likeness (QED) is 0.662. The van der Waals surface area contributed by atoms with Crippen molar-refractivity contribution in [3.63, 3.8) is 0 Å². The van der Waals surface area contributed by atoms with Crippen molar-refractivity contribution in [3.05, 3.63) is 65.7 Å². The molecule has 102 valence electrons. The molecule has 0 unspecified atom stereocenters. The van der Waals surface area contributed by atoms with Crippen LogP contribution in [-0.2, 0) is 11.3 Å². The van der Waals surface area contributed by atoms with E-state index < -0.39 is 6.09 Å². The number of amides is 1. The molecule has 2 rings (SSSR count). The zero-order valence-corrected chi connectivity index (χ0v) is 10.7. The highest BCUT2D eigenvalue weighted by Crippen LogP contribution is 2.12. The molecular weight excluding hydrogens is 256 g/mol. The van der Waals surface area contributed by atoms with Gasteiger partial charge in [0.1, 0.15) is 12.4 Å². The number of hydrazone groups is 1. The number of rotatable bonds is 4. The Morgan fingerprint density at radius 1 is 1.15 bits per heavy atom. The Morgan fingerprint density at radius 3 is 2.60 bits per heavy atom. The van der Waals surface area contributed by atoms with Gasteiger partial charge in [-0.15, -0.1) is 0 Å². The molecule has 5 nitrogen and oxygen atoms in total. The Kier molecular flexibility index (Phi) is 4.72. The highest BCUT2D eigenvalue weighted by atomic mass is 16.5. The van der Waals surface area contributed by atoms with E-state index in [1.165, 1.54) is 12.3 Å². The first-order valence-electron chi connectivity index (χ1n) is 6.03. The second-order valence-electron chi connectivity index (χ2n) is 3.99. The number of aromatic hydroxyl groups is 1. The van der Waals surface area contributed by atoms with Crippen LogP contribution in [0.1, 0.15) is 11.1 Å². The molecule has 2 N–H and O–H groups in total. The van der Waals surface area contributed by atoms with Gasteiger partial charge in [0.15, 0.2) is 0 Å². The molecule has 0 aliphatic carbocycles. The Bertz CT molecular complexity index is 597. The molecule has 2 aromatic rings. The summed E-state index contributed by atoms with van der Waals surface area (Å²) >= 11 is 0. The van der Waals surface area contributed by atoms with E-state index in [0.717, 1.165) is 5.56 Å². The lowest BCUT2D eigenvalue weighted by molar-refractivity contribution is 0.140. The van der Waals surface area contributed by atoms with Crippen LogP contribution >= 0.6 is 0 Å². The minimum Gasteiger partial charge on any atom is -0.507 e. The van der Waals surface area contributed by atoms with Crippen LogP contribution in [-0.4, -0.2) is 17.4 Å². The van der Waals surface area contributed by atoms with Crippen molar-refractivity contribution in [1.82, 2.24) is 5.43 Å². The van der Waals surface area contributed by atoms with Crippen molar-refractivity contribution in [2.75, 3.05) is 0 Å². The molecule has 0 saturated carbocycles. The summed E-state index contributed by atoms with van der Waals surface area (Å²) < 4.78 is 4.97. The molecule has 0 atom stereocenters. The predicted molar refractivity (Wildman–Crippen MR) is 75.5 cm³/mol. The SMILES string of the molecule is O=C(N/N=C/c1ccccc1O)OCc1ccccc1. The lowest BCUT2D eigenvalue weighted by Crippen LogP contribution is -2.18. The number of benzene rings is 2. The van der Waals surface area contributed by atoms with Gasteiger partial charge in [-0.25, -0.2) is 10.2 Å². The number of hydrogen-bond donors (Lipinski definition) is 2. The van der Waals surface area contributed by atoms with Crippen molar-refractivity contribution in [1.29, 1.82) is 0 Å². The first-order valence-corrected chi connectivity index (χ1v) is 6.03. The molecule has 0 spiro atoms. The average molecular weight is 270 g/mol. The lowest BCUT2D eigenvalue weighted by atomic mass is 10.2. The minimum absolute atomic E-state index is 0.0932. The third kappa shape index (κ3) is 4.13. The fraction of sp³-hybridized carbons (Fsp3) is 0.0667. The van der Waals surface area contributed by atoms with Gasteiger partial charge in [0.2, 0.25) is 0 Å². The van der Waals surface area contributed by atoms with Gasteiger partial charge in [0.05, 0.1) is 6.21 Å². The molecule has 0 aliphatic heterocycles. The molecule has 0 heterocycles. The minimum atomic E-state index is -0.652. The summed E-state index contributed by atoms with van der Waals surface area (Å²) in [7, 11) is 0. The molecule has 5 heteroatoms. The first-order chi connectivity index (χ1) is 9.75. The Morgan fingerprint density at radius 2 is 1.85 bits per heavy atom. The molecule has 2 aromatic carbocycles. The number of hydrogen-bond acceptors (Lipinski definition) is 4. The van der Waals surface area contributed by atoms with Gasteiger partial charge in [0, 0.05) is 5.56 Å². The van der Waals surface area contributed by atoms with Gasteiger partial charge in [0.25, 0.3) is 0 Å². The molecule has 1 amide bonds. The van der Waals surface area contributed by atoms with Crippen molar-refractivity contribution >= 4 is 12.3 Å². The van der Waals surface area contributed by atoms with E-state index in [0.29, 0.717) is 5.56 Å². The van der Waals surface area contributed by atoms with E-state index in [1.807, 2.05) is 30.3 Å². The topological polar surface area (TPSA) is 70.9 Å². The lowest BCUT2D eigenvalue weighted by Gasteiger charge is -2.03.